The molecule has 0 radical (unpaired) electrons. The minimum absolute atomic E-state index is 0.265. The molecule has 0 saturated carbocycles. The topological polar surface area (TPSA) is 142 Å². The van der Waals surface area contributed by atoms with Crippen LogP contribution in [0.15, 0.2) is 49.3 Å². The SMILES string of the molecule is N#CCC1(n2cc(-c3ncnc4[nH]ccc34)cn2)CN(CCc2ccc(C(N)=O)nc2)C1. The Kier molecular flexibility index (Phi) is 4.88. The molecule has 5 rings (SSSR count). The molecule has 1 amide bonds. The van der Waals surface area contributed by atoms with Crippen LogP contribution >= 0.6 is 0 Å². The highest BCUT2D eigenvalue weighted by molar-refractivity contribution is 5.90. The summed E-state index contributed by atoms with van der Waals surface area (Å²) in [7, 11) is 0. The summed E-state index contributed by atoms with van der Waals surface area (Å²) in [4.78, 5) is 29.3. The van der Waals surface area contributed by atoms with Crippen molar-refractivity contribution in [2.24, 2.45) is 5.73 Å². The molecule has 1 saturated heterocycles. The molecule has 0 bridgehead atoms. The Morgan fingerprint density at radius 1 is 1.22 bits per heavy atom. The van der Waals surface area contributed by atoms with Gasteiger partial charge in [0.15, 0.2) is 0 Å². The van der Waals surface area contributed by atoms with E-state index in [-0.39, 0.29) is 11.2 Å². The fourth-order valence-corrected chi connectivity index (χ4v) is 4.24. The van der Waals surface area contributed by atoms with Crippen molar-refractivity contribution >= 4 is 16.9 Å². The highest BCUT2D eigenvalue weighted by Crippen LogP contribution is 2.34. The van der Waals surface area contributed by atoms with Gasteiger partial charge >= 0.3 is 0 Å². The smallest absolute Gasteiger partial charge is 0.267 e. The van der Waals surface area contributed by atoms with Crippen LogP contribution in [0.25, 0.3) is 22.3 Å². The van der Waals surface area contributed by atoms with Gasteiger partial charge in [0.25, 0.3) is 5.91 Å². The number of hydrogen-bond donors (Lipinski definition) is 2. The van der Waals surface area contributed by atoms with E-state index in [9.17, 15) is 10.1 Å². The van der Waals surface area contributed by atoms with Gasteiger partial charge in [-0.25, -0.2) is 9.97 Å². The zero-order chi connectivity index (χ0) is 22.1. The molecule has 32 heavy (non-hydrogen) atoms. The van der Waals surface area contributed by atoms with Crippen molar-refractivity contribution in [1.82, 2.24) is 34.6 Å². The lowest BCUT2D eigenvalue weighted by Crippen LogP contribution is -2.62. The van der Waals surface area contributed by atoms with E-state index < -0.39 is 5.91 Å². The maximum atomic E-state index is 11.2. The Morgan fingerprint density at radius 2 is 2.09 bits per heavy atom. The van der Waals surface area contributed by atoms with Crippen LogP contribution in [0.1, 0.15) is 22.5 Å². The molecular weight excluding hydrogens is 406 g/mol. The van der Waals surface area contributed by atoms with Gasteiger partial charge in [0.2, 0.25) is 0 Å². The second-order valence-electron chi connectivity index (χ2n) is 8.07. The minimum atomic E-state index is -0.529. The second-order valence-corrected chi connectivity index (χ2v) is 8.07. The Hall–Kier alpha value is -4.10. The Morgan fingerprint density at radius 3 is 2.84 bits per heavy atom. The standard InChI is InChI=1S/C22H21N9O/c23-6-5-22(12-30(13-22)8-4-15-1-2-18(20(24)32)26-9-15)31-11-16(10-29-31)19-17-3-7-25-21(17)28-14-27-19/h1-3,7,9-11,14H,4-5,8,12-13H2,(H2,24,32)(H,25,27,28). The van der Waals surface area contributed by atoms with Crippen molar-refractivity contribution in [2.45, 2.75) is 18.4 Å². The van der Waals surface area contributed by atoms with Gasteiger partial charge in [0.05, 0.1) is 24.4 Å². The van der Waals surface area contributed by atoms with Crippen LogP contribution in [-0.2, 0) is 12.0 Å². The van der Waals surface area contributed by atoms with Crippen LogP contribution in [-0.4, -0.2) is 60.2 Å². The largest absolute Gasteiger partial charge is 0.364 e. The molecule has 4 aromatic rings. The van der Waals surface area contributed by atoms with E-state index in [1.165, 1.54) is 6.33 Å². The summed E-state index contributed by atoms with van der Waals surface area (Å²) in [5.74, 6) is -0.529. The highest BCUT2D eigenvalue weighted by Gasteiger charge is 2.45. The Bertz CT molecular complexity index is 1310. The van der Waals surface area contributed by atoms with Gasteiger partial charge in [-0.05, 0) is 24.1 Å². The molecule has 1 aliphatic heterocycles. The summed E-state index contributed by atoms with van der Waals surface area (Å²) in [5.41, 5.74) is 8.68. The zero-order valence-electron chi connectivity index (χ0n) is 17.3. The predicted molar refractivity (Wildman–Crippen MR) is 116 cm³/mol. The molecule has 0 unspecified atom stereocenters. The number of nitriles is 1. The van der Waals surface area contributed by atoms with Crippen molar-refractivity contribution in [1.29, 1.82) is 5.26 Å². The number of amides is 1. The summed E-state index contributed by atoms with van der Waals surface area (Å²) in [6, 6.07) is 7.79. The van der Waals surface area contributed by atoms with Crippen molar-refractivity contribution < 1.29 is 4.79 Å². The van der Waals surface area contributed by atoms with E-state index in [4.69, 9.17) is 5.73 Å². The van der Waals surface area contributed by atoms with Crippen LogP contribution in [0.3, 0.4) is 0 Å². The molecule has 5 heterocycles. The molecule has 0 aliphatic carbocycles. The first-order valence-corrected chi connectivity index (χ1v) is 10.3. The second kappa shape index (κ2) is 7.86. The van der Waals surface area contributed by atoms with Crippen LogP contribution in [0.4, 0.5) is 0 Å². The van der Waals surface area contributed by atoms with E-state index in [1.54, 1.807) is 18.5 Å². The lowest BCUT2D eigenvalue weighted by Gasteiger charge is -2.49. The number of likely N-dealkylation sites (tertiary alicyclic amines) is 1. The normalized spacial score (nSPS) is 15.3. The molecule has 3 N–H and O–H groups in total. The van der Waals surface area contributed by atoms with Crippen molar-refractivity contribution in [3.05, 3.63) is 60.6 Å². The number of nitrogens with one attached hydrogen (secondary N) is 1. The van der Waals surface area contributed by atoms with Crippen LogP contribution < -0.4 is 5.73 Å². The van der Waals surface area contributed by atoms with E-state index in [2.05, 4.69) is 36.0 Å². The number of rotatable bonds is 7. The fraction of sp³-hybridized carbons (Fsp3) is 0.273. The summed E-state index contributed by atoms with van der Waals surface area (Å²) in [6.07, 6.45) is 10.00. The third-order valence-electron chi connectivity index (χ3n) is 5.93. The first-order chi connectivity index (χ1) is 15.6. The molecule has 0 atom stereocenters. The lowest BCUT2D eigenvalue weighted by molar-refractivity contribution is 0.00625. The van der Waals surface area contributed by atoms with E-state index >= 15 is 0 Å². The third-order valence-corrected chi connectivity index (χ3v) is 5.93. The van der Waals surface area contributed by atoms with Crippen LogP contribution in [0.2, 0.25) is 0 Å². The van der Waals surface area contributed by atoms with Crippen molar-refractivity contribution in [3.8, 4) is 17.3 Å². The highest BCUT2D eigenvalue weighted by atomic mass is 16.1. The van der Waals surface area contributed by atoms with Gasteiger partial charge in [-0.3, -0.25) is 19.4 Å². The summed E-state index contributed by atoms with van der Waals surface area (Å²) in [6.45, 7) is 2.30. The van der Waals surface area contributed by atoms with Gasteiger partial charge in [-0.2, -0.15) is 10.4 Å². The van der Waals surface area contributed by atoms with Gasteiger partial charge < -0.3 is 10.7 Å². The molecule has 160 valence electrons. The van der Waals surface area contributed by atoms with E-state index in [0.29, 0.717) is 6.42 Å². The average molecular weight is 427 g/mol. The van der Waals surface area contributed by atoms with Crippen LogP contribution in [0.5, 0.6) is 0 Å². The minimum Gasteiger partial charge on any atom is -0.364 e. The first kappa shape index (κ1) is 19.8. The lowest BCUT2D eigenvalue weighted by atomic mass is 9.86. The molecular formula is C22H21N9O. The maximum absolute atomic E-state index is 11.2. The zero-order valence-corrected chi connectivity index (χ0v) is 17.3. The Balaban J connectivity index is 1.28. The number of nitrogens with zero attached hydrogens (tertiary/aromatic N) is 7. The number of aromatic amines is 1. The quantitative estimate of drug-likeness (QED) is 0.455. The summed E-state index contributed by atoms with van der Waals surface area (Å²) in [5, 5.41) is 15.0. The fourth-order valence-electron chi connectivity index (χ4n) is 4.24. The van der Waals surface area contributed by atoms with Gasteiger partial charge in [-0.15, -0.1) is 0 Å². The molecule has 1 fully saturated rings. The number of nitrogens with two attached hydrogens (primary N) is 1. The number of fused-ring (bicyclic) bond motifs is 1. The number of hydrogen-bond acceptors (Lipinski definition) is 7. The van der Waals surface area contributed by atoms with Crippen molar-refractivity contribution in [2.75, 3.05) is 19.6 Å². The molecule has 4 aromatic heterocycles. The number of carbonyl (C=O) groups excluding carboxylic acids is 1. The molecule has 0 spiro atoms. The summed E-state index contributed by atoms with van der Waals surface area (Å²) < 4.78 is 1.91. The molecule has 10 nitrogen and oxygen atoms in total. The summed E-state index contributed by atoms with van der Waals surface area (Å²) >= 11 is 0. The number of carbonyl (C=O) groups is 1. The first-order valence-electron chi connectivity index (χ1n) is 10.3. The van der Waals surface area contributed by atoms with E-state index in [0.717, 1.165) is 53.9 Å². The van der Waals surface area contributed by atoms with E-state index in [1.807, 2.05) is 29.2 Å². The number of primary amides is 1. The number of H-pyrrole nitrogens is 1. The predicted octanol–water partition coefficient (Wildman–Crippen LogP) is 1.48. The molecule has 0 aromatic carbocycles. The molecule has 1 aliphatic rings. The van der Waals surface area contributed by atoms with Crippen molar-refractivity contribution in [3.63, 3.8) is 0 Å². The number of pyridine rings is 1. The Labute approximate surface area is 183 Å². The third kappa shape index (κ3) is 3.48. The monoisotopic (exact) mass is 427 g/mol. The average Bonchev–Trinajstić information content (AvgIpc) is 3.45. The van der Waals surface area contributed by atoms with Crippen LogP contribution in [0, 0.1) is 11.3 Å². The molecule has 10 heteroatoms. The van der Waals surface area contributed by atoms with Gasteiger partial charge in [0, 0.05) is 49.2 Å². The number of aromatic nitrogens is 6. The van der Waals surface area contributed by atoms with Gasteiger partial charge in [0.1, 0.15) is 23.2 Å². The maximum Gasteiger partial charge on any atom is 0.267 e. The van der Waals surface area contributed by atoms with Gasteiger partial charge in [-0.1, -0.05) is 6.07 Å².